The van der Waals surface area contributed by atoms with Crippen molar-refractivity contribution in [1.29, 1.82) is 0 Å². The number of hydrogen-bond donors (Lipinski definition) is 0. The molecule has 80 valence electrons. The molecule has 0 bridgehead atoms. The molecule has 0 spiro atoms. The van der Waals surface area contributed by atoms with Crippen LogP contribution < -0.4 is 0 Å². The molecule has 1 saturated heterocycles. The van der Waals surface area contributed by atoms with Crippen LogP contribution in [0.25, 0.3) is 0 Å². The number of hydrogen-bond acceptors (Lipinski definition) is 2. The van der Waals surface area contributed by atoms with Gasteiger partial charge >= 0.3 is 0 Å². The molecule has 1 fully saturated rings. The van der Waals surface area contributed by atoms with Crippen molar-refractivity contribution >= 4 is 11.6 Å². The predicted molar refractivity (Wildman–Crippen MR) is 58.4 cm³/mol. The van der Waals surface area contributed by atoms with Gasteiger partial charge in [0.2, 0.25) is 0 Å². The Kier molecular flexibility index (Phi) is 3.71. The number of morpholine rings is 1. The first-order chi connectivity index (χ1) is 6.88. The van der Waals surface area contributed by atoms with Crippen LogP contribution in [0.1, 0.15) is 32.1 Å². The van der Waals surface area contributed by atoms with E-state index in [1.54, 1.807) is 0 Å². The van der Waals surface area contributed by atoms with E-state index in [1.807, 2.05) is 0 Å². The molecule has 0 aromatic carbocycles. The summed E-state index contributed by atoms with van der Waals surface area (Å²) >= 11 is 6.32. The molecule has 0 unspecified atom stereocenters. The van der Waals surface area contributed by atoms with Gasteiger partial charge in [0.1, 0.15) is 0 Å². The van der Waals surface area contributed by atoms with Gasteiger partial charge in [0.15, 0.2) is 0 Å². The van der Waals surface area contributed by atoms with Crippen molar-refractivity contribution < 1.29 is 4.74 Å². The minimum absolute atomic E-state index is 0.855. The largest absolute Gasteiger partial charge is 0.378 e. The van der Waals surface area contributed by atoms with Gasteiger partial charge < -0.3 is 9.64 Å². The van der Waals surface area contributed by atoms with E-state index in [2.05, 4.69) is 4.90 Å². The zero-order valence-electron chi connectivity index (χ0n) is 8.60. The molecule has 0 aromatic rings. The highest BCUT2D eigenvalue weighted by molar-refractivity contribution is 6.29. The number of ether oxygens (including phenoxy) is 1. The molecule has 0 aromatic heterocycles. The van der Waals surface area contributed by atoms with Gasteiger partial charge in [0.05, 0.1) is 13.2 Å². The van der Waals surface area contributed by atoms with Crippen LogP contribution in [-0.4, -0.2) is 31.2 Å². The van der Waals surface area contributed by atoms with Crippen LogP contribution in [-0.2, 0) is 4.74 Å². The normalized spacial score (nSPS) is 25.1. The topological polar surface area (TPSA) is 12.5 Å². The van der Waals surface area contributed by atoms with Crippen molar-refractivity contribution in [1.82, 2.24) is 4.90 Å². The summed E-state index contributed by atoms with van der Waals surface area (Å²) in [6, 6.07) is 0. The van der Waals surface area contributed by atoms with E-state index in [4.69, 9.17) is 16.3 Å². The van der Waals surface area contributed by atoms with Crippen molar-refractivity contribution in [3.63, 3.8) is 0 Å². The van der Waals surface area contributed by atoms with Crippen LogP contribution >= 0.6 is 11.6 Å². The van der Waals surface area contributed by atoms with Crippen molar-refractivity contribution in [3.8, 4) is 0 Å². The van der Waals surface area contributed by atoms with Crippen LogP contribution in [0.4, 0.5) is 0 Å². The van der Waals surface area contributed by atoms with Crippen molar-refractivity contribution in [2.75, 3.05) is 26.3 Å². The van der Waals surface area contributed by atoms with Gasteiger partial charge in [-0.25, -0.2) is 0 Å². The summed E-state index contributed by atoms with van der Waals surface area (Å²) < 4.78 is 5.35. The van der Waals surface area contributed by atoms with Crippen molar-refractivity contribution in [3.05, 3.63) is 10.7 Å². The Labute approximate surface area is 90.9 Å². The fourth-order valence-corrected chi connectivity index (χ4v) is 2.54. The van der Waals surface area contributed by atoms with Gasteiger partial charge in [-0.3, -0.25) is 0 Å². The molecule has 1 aliphatic heterocycles. The number of rotatable bonds is 1. The highest BCUT2D eigenvalue weighted by atomic mass is 35.5. The summed E-state index contributed by atoms with van der Waals surface area (Å²) in [5.41, 5.74) is 1.40. The molecular formula is C11H18ClNO. The third kappa shape index (κ3) is 2.43. The molecular weight excluding hydrogens is 198 g/mol. The van der Waals surface area contributed by atoms with E-state index >= 15 is 0 Å². The fourth-order valence-electron chi connectivity index (χ4n) is 2.19. The van der Waals surface area contributed by atoms with Gasteiger partial charge in [0.25, 0.3) is 0 Å². The molecule has 3 heteroatoms. The second-order valence-corrected chi connectivity index (χ2v) is 4.47. The Hall–Kier alpha value is -0.210. The zero-order valence-corrected chi connectivity index (χ0v) is 9.35. The van der Waals surface area contributed by atoms with Gasteiger partial charge in [-0.2, -0.15) is 0 Å². The van der Waals surface area contributed by atoms with Crippen molar-refractivity contribution in [2.24, 2.45) is 0 Å². The third-order valence-corrected chi connectivity index (χ3v) is 3.42. The minimum atomic E-state index is 0.855. The Morgan fingerprint density at radius 1 is 1.00 bits per heavy atom. The molecule has 0 amide bonds. The van der Waals surface area contributed by atoms with Gasteiger partial charge in [-0.1, -0.05) is 18.0 Å². The SMILES string of the molecule is ClC1=C(N2CCOCC2)CCCCC1. The van der Waals surface area contributed by atoms with Crippen LogP contribution in [0.15, 0.2) is 10.7 Å². The molecule has 14 heavy (non-hydrogen) atoms. The summed E-state index contributed by atoms with van der Waals surface area (Å²) in [6.07, 6.45) is 6.12. The van der Waals surface area contributed by atoms with E-state index in [9.17, 15) is 0 Å². The summed E-state index contributed by atoms with van der Waals surface area (Å²) in [5.74, 6) is 0. The Morgan fingerprint density at radius 3 is 2.50 bits per heavy atom. The quantitative estimate of drug-likeness (QED) is 0.667. The van der Waals surface area contributed by atoms with Crippen LogP contribution in [0, 0.1) is 0 Å². The fraction of sp³-hybridized carbons (Fsp3) is 0.818. The molecule has 0 N–H and O–H groups in total. The van der Waals surface area contributed by atoms with Crippen molar-refractivity contribution in [2.45, 2.75) is 32.1 Å². The zero-order chi connectivity index (χ0) is 9.80. The summed E-state index contributed by atoms with van der Waals surface area (Å²) in [5, 5.41) is 1.10. The van der Waals surface area contributed by atoms with Gasteiger partial charge in [0, 0.05) is 23.8 Å². The lowest BCUT2D eigenvalue weighted by Crippen LogP contribution is -2.35. The van der Waals surface area contributed by atoms with Crippen LogP contribution in [0.3, 0.4) is 0 Å². The second kappa shape index (κ2) is 5.04. The van der Waals surface area contributed by atoms with Crippen LogP contribution in [0.2, 0.25) is 0 Å². The maximum Gasteiger partial charge on any atom is 0.0642 e. The predicted octanol–water partition coefficient (Wildman–Crippen LogP) is 2.73. The average molecular weight is 216 g/mol. The molecule has 1 heterocycles. The lowest BCUT2D eigenvalue weighted by molar-refractivity contribution is 0.0518. The highest BCUT2D eigenvalue weighted by Gasteiger charge is 2.18. The summed E-state index contributed by atoms with van der Waals surface area (Å²) in [6.45, 7) is 3.75. The smallest absolute Gasteiger partial charge is 0.0642 e. The number of nitrogens with zero attached hydrogens (tertiary/aromatic N) is 1. The maximum absolute atomic E-state index is 6.32. The van der Waals surface area contributed by atoms with E-state index in [-0.39, 0.29) is 0 Å². The molecule has 1 aliphatic carbocycles. The Morgan fingerprint density at radius 2 is 1.71 bits per heavy atom. The Bertz CT molecular complexity index is 221. The highest BCUT2D eigenvalue weighted by Crippen LogP contribution is 2.29. The molecule has 2 rings (SSSR count). The molecule has 0 saturated carbocycles. The molecule has 0 radical (unpaired) electrons. The first-order valence-corrected chi connectivity index (χ1v) is 5.96. The lowest BCUT2D eigenvalue weighted by Gasteiger charge is -2.31. The van der Waals surface area contributed by atoms with E-state index in [0.29, 0.717) is 0 Å². The van der Waals surface area contributed by atoms with Crippen LogP contribution in [0.5, 0.6) is 0 Å². The lowest BCUT2D eigenvalue weighted by atomic mass is 10.2. The van der Waals surface area contributed by atoms with E-state index in [0.717, 1.165) is 37.8 Å². The standard InChI is InChI=1S/C11H18ClNO/c12-10-4-2-1-3-5-11(10)13-6-8-14-9-7-13/h1-9H2. The average Bonchev–Trinajstić information content (AvgIpc) is 2.44. The summed E-state index contributed by atoms with van der Waals surface area (Å²) in [7, 11) is 0. The number of allylic oxidation sites excluding steroid dienone is 2. The maximum atomic E-state index is 6.32. The van der Waals surface area contributed by atoms with E-state index < -0.39 is 0 Å². The Balaban J connectivity index is 2.04. The molecule has 0 atom stereocenters. The van der Waals surface area contributed by atoms with Gasteiger partial charge in [-0.15, -0.1) is 0 Å². The number of halogens is 1. The minimum Gasteiger partial charge on any atom is -0.378 e. The third-order valence-electron chi connectivity index (χ3n) is 3.02. The van der Waals surface area contributed by atoms with Gasteiger partial charge in [-0.05, 0) is 25.7 Å². The first-order valence-electron chi connectivity index (χ1n) is 5.58. The molecule has 2 aliphatic rings. The summed E-state index contributed by atoms with van der Waals surface area (Å²) in [4.78, 5) is 2.41. The monoisotopic (exact) mass is 215 g/mol. The first kappa shape index (κ1) is 10.3. The molecule has 2 nitrogen and oxygen atoms in total. The second-order valence-electron chi connectivity index (χ2n) is 4.01. The van der Waals surface area contributed by atoms with E-state index in [1.165, 1.54) is 31.4 Å².